The normalized spacial score (nSPS) is 21.5. The van der Waals surface area contributed by atoms with Gasteiger partial charge in [-0.25, -0.2) is 19.6 Å². The molecule has 1 unspecified atom stereocenters. The molecule has 5 heterocycles. The average Bonchev–Trinajstić information content (AvgIpc) is 4.11. The summed E-state index contributed by atoms with van der Waals surface area (Å²) in [5.41, 5.74) is 6.36. The Labute approximate surface area is 358 Å². The van der Waals surface area contributed by atoms with E-state index >= 15 is 0 Å². The second-order valence-corrected chi connectivity index (χ2v) is 16.5. The smallest absolute Gasteiger partial charge is 0.407 e. The summed E-state index contributed by atoms with van der Waals surface area (Å²) >= 11 is 0. The topological polar surface area (TPSA) is 213 Å². The zero-order valence-corrected chi connectivity index (χ0v) is 36.0. The third kappa shape index (κ3) is 7.67. The maximum atomic E-state index is 14.2. The number of H-pyrrole nitrogens is 2. The third-order valence-corrected chi connectivity index (χ3v) is 13.0. The number of methoxy groups -OCH3 is 3. The first kappa shape index (κ1) is 42.5. The van der Waals surface area contributed by atoms with Gasteiger partial charge in [0.05, 0.1) is 54.3 Å². The first-order valence-electron chi connectivity index (χ1n) is 21.2. The molecule has 3 aliphatic rings. The number of ether oxygens (including phenoxy) is 4. The van der Waals surface area contributed by atoms with E-state index in [2.05, 4.69) is 51.8 Å². The number of fused-ring (bicyclic) bond motifs is 6. The monoisotopic (exact) mass is 850 g/mol. The van der Waals surface area contributed by atoms with Crippen LogP contribution in [0, 0.1) is 0 Å². The molecule has 0 spiro atoms. The lowest BCUT2D eigenvalue weighted by Crippen LogP contribution is -2.55. The third-order valence-electron chi connectivity index (χ3n) is 13.0. The van der Waals surface area contributed by atoms with Crippen LogP contribution in [-0.2, 0) is 30.4 Å². The number of hydrogen-bond acceptors (Lipinski definition) is 10. The van der Waals surface area contributed by atoms with Crippen LogP contribution in [0.5, 0.6) is 5.75 Å². The van der Waals surface area contributed by atoms with Gasteiger partial charge in [0.2, 0.25) is 11.8 Å². The van der Waals surface area contributed by atoms with Gasteiger partial charge >= 0.3 is 12.2 Å². The molecule has 8 rings (SSSR count). The van der Waals surface area contributed by atoms with Crippen LogP contribution in [0.4, 0.5) is 9.59 Å². The Hall–Kier alpha value is -6.20. The summed E-state index contributed by atoms with van der Waals surface area (Å²) < 4.78 is 22.1. The minimum atomic E-state index is -1.29. The van der Waals surface area contributed by atoms with Crippen LogP contribution in [-0.4, -0.2) is 117 Å². The number of rotatable bonds is 12. The van der Waals surface area contributed by atoms with Crippen molar-refractivity contribution >= 4 is 45.8 Å². The van der Waals surface area contributed by atoms with E-state index in [1.54, 1.807) is 24.9 Å². The Morgan fingerprint density at radius 3 is 2.29 bits per heavy atom. The number of hydrogen-bond donors (Lipinski definition) is 5. The number of carbonyl (C=O) groups is 4. The second-order valence-electron chi connectivity index (χ2n) is 16.5. The molecule has 0 saturated carbocycles. The first-order valence-corrected chi connectivity index (χ1v) is 21.2. The van der Waals surface area contributed by atoms with E-state index in [0.717, 1.165) is 74.8 Å². The fourth-order valence-corrected chi connectivity index (χ4v) is 9.47. The van der Waals surface area contributed by atoms with Gasteiger partial charge in [0, 0.05) is 37.3 Å². The quantitative estimate of drug-likeness (QED) is 0.0903. The Balaban J connectivity index is 1.05. The van der Waals surface area contributed by atoms with Crippen molar-refractivity contribution in [2.75, 3.05) is 21.3 Å². The van der Waals surface area contributed by atoms with E-state index < -0.39 is 36.5 Å². The van der Waals surface area contributed by atoms with Crippen LogP contribution in [0.2, 0.25) is 0 Å². The van der Waals surface area contributed by atoms with Crippen LogP contribution in [0.25, 0.3) is 44.2 Å². The van der Waals surface area contributed by atoms with E-state index in [0.29, 0.717) is 31.1 Å². The summed E-state index contributed by atoms with van der Waals surface area (Å²) in [6.07, 6.45) is 2.20. The fraction of sp³-hybridized carbons (Fsp3) is 0.467. The highest BCUT2D eigenvalue weighted by Gasteiger charge is 2.44. The number of alkyl carbamates (subject to hydrolysis) is 1. The van der Waals surface area contributed by atoms with Crippen molar-refractivity contribution in [1.82, 2.24) is 40.4 Å². The molecule has 5 N–H and O–H groups in total. The van der Waals surface area contributed by atoms with Crippen molar-refractivity contribution in [1.29, 1.82) is 0 Å². The summed E-state index contributed by atoms with van der Waals surface area (Å²) in [7, 11) is 4.22. The summed E-state index contributed by atoms with van der Waals surface area (Å²) in [5.74, 6) is 1.46. The van der Waals surface area contributed by atoms with Crippen molar-refractivity contribution in [3.05, 3.63) is 65.9 Å². The van der Waals surface area contributed by atoms with E-state index in [-0.39, 0.29) is 36.0 Å². The lowest BCUT2D eigenvalue weighted by atomic mass is 9.92. The molecule has 2 aromatic heterocycles. The Bertz CT molecular complexity index is 2520. The summed E-state index contributed by atoms with van der Waals surface area (Å²) in [6.45, 7) is 7.78. The van der Waals surface area contributed by atoms with Gasteiger partial charge in [0.1, 0.15) is 36.1 Å². The summed E-state index contributed by atoms with van der Waals surface area (Å²) in [5, 5.41) is 16.4. The van der Waals surface area contributed by atoms with Gasteiger partial charge < -0.3 is 54.5 Å². The number of aromatic amines is 2. The number of nitrogens with zero attached hydrogens (tertiary/aromatic N) is 4. The number of nitrogens with one attached hydrogen (secondary N) is 4. The SMILES string of the molecule is CC[C@H]1CC[C@@H](c2nc3ccc4cc5c(cc4c3[nH]2)OCc2cc(-c3cnc([C@@H]4CC[C@H](C)N4C(=O)[C@@H](NC(=O)O)[C@@H](C)OC)[nH]3)ccc2-5)N1C(=O)[C@@H](NC(=O)OC)C(C)OC. The van der Waals surface area contributed by atoms with Crippen molar-refractivity contribution in [2.45, 2.75) is 115 Å². The fourth-order valence-electron chi connectivity index (χ4n) is 9.47. The predicted molar refractivity (Wildman–Crippen MR) is 229 cm³/mol. The average molecular weight is 851 g/mol. The summed E-state index contributed by atoms with van der Waals surface area (Å²) in [4.78, 5) is 72.2. The van der Waals surface area contributed by atoms with Crippen LogP contribution in [0.3, 0.4) is 0 Å². The van der Waals surface area contributed by atoms with Crippen molar-refractivity contribution < 1.29 is 43.2 Å². The molecule has 5 aromatic rings. The molecule has 62 heavy (non-hydrogen) atoms. The van der Waals surface area contributed by atoms with Gasteiger partial charge in [-0.15, -0.1) is 0 Å². The number of benzene rings is 3. The van der Waals surface area contributed by atoms with E-state index in [1.807, 2.05) is 30.0 Å². The van der Waals surface area contributed by atoms with Crippen LogP contribution in [0.1, 0.15) is 89.1 Å². The van der Waals surface area contributed by atoms with Crippen molar-refractivity contribution in [3.8, 4) is 28.1 Å². The maximum Gasteiger partial charge on any atom is 0.407 e. The van der Waals surface area contributed by atoms with Gasteiger partial charge in [-0.2, -0.15) is 0 Å². The molecule has 3 aromatic carbocycles. The number of amides is 4. The van der Waals surface area contributed by atoms with Gasteiger partial charge in [0.15, 0.2) is 0 Å². The van der Waals surface area contributed by atoms with E-state index in [1.165, 1.54) is 21.3 Å². The number of likely N-dealkylation sites (tertiary alicyclic amines) is 2. The zero-order chi connectivity index (χ0) is 44.0. The van der Waals surface area contributed by atoms with Crippen molar-refractivity contribution in [2.24, 2.45) is 0 Å². The molecule has 3 aliphatic heterocycles. The Morgan fingerprint density at radius 1 is 0.871 bits per heavy atom. The van der Waals surface area contributed by atoms with Crippen LogP contribution in [0.15, 0.2) is 48.7 Å². The lowest BCUT2D eigenvalue weighted by Gasteiger charge is -2.34. The minimum Gasteiger partial charge on any atom is -0.488 e. The Morgan fingerprint density at radius 2 is 1.58 bits per heavy atom. The van der Waals surface area contributed by atoms with Gasteiger partial charge in [-0.1, -0.05) is 25.1 Å². The molecule has 17 heteroatoms. The van der Waals surface area contributed by atoms with Gasteiger partial charge in [-0.05, 0) is 99.2 Å². The minimum absolute atomic E-state index is 0.0371. The molecule has 328 valence electrons. The molecular weight excluding hydrogens is 797 g/mol. The molecule has 4 amide bonds. The van der Waals surface area contributed by atoms with Gasteiger partial charge in [0.25, 0.3) is 0 Å². The lowest BCUT2D eigenvalue weighted by molar-refractivity contribution is -0.140. The first-order chi connectivity index (χ1) is 29.8. The molecular formula is C45H54N8O9. The zero-order valence-electron chi connectivity index (χ0n) is 36.0. The number of aromatic nitrogens is 4. The number of carbonyl (C=O) groups excluding carboxylic acids is 3. The largest absolute Gasteiger partial charge is 0.488 e. The van der Waals surface area contributed by atoms with Crippen LogP contribution >= 0.6 is 0 Å². The molecule has 2 saturated heterocycles. The molecule has 2 fully saturated rings. The predicted octanol–water partition coefficient (Wildman–Crippen LogP) is 6.59. The highest BCUT2D eigenvalue weighted by atomic mass is 16.5. The molecule has 8 atom stereocenters. The number of carboxylic acid groups (broad SMARTS) is 1. The van der Waals surface area contributed by atoms with Crippen molar-refractivity contribution in [3.63, 3.8) is 0 Å². The van der Waals surface area contributed by atoms with Crippen LogP contribution < -0.4 is 15.4 Å². The van der Waals surface area contributed by atoms with E-state index in [9.17, 15) is 24.3 Å². The highest BCUT2D eigenvalue weighted by Crippen LogP contribution is 2.44. The van der Waals surface area contributed by atoms with Gasteiger partial charge in [-0.3, -0.25) is 9.59 Å². The summed E-state index contributed by atoms with van der Waals surface area (Å²) in [6, 6.07) is 11.6. The maximum absolute atomic E-state index is 14.2. The standard InChI is InChI=1S/C45H54N8O9/c1-8-28-12-16-35(53(28)43(55)38(24(4)60-6)51-45(58)61-7)41-47-32-14-11-25-18-31-29-13-10-26(17-27(29)21-62-36(31)19-30(25)39(32)49-41)33-20-46-40(48-33)34-15-9-22(2)52(34)42(54)37(23(3)59-5)50-44(56)57/h10-11,13-14,17-20,22-24,28,34-35,37-38,50H,8-9,12,15-16,21H2,1-7H3,(H,46,48)(H,47,49)(H,51,58)(H,56,57)/t22-,23+,24?,28-,34-,35-,37-,38-/m0/s1. The second kappa shape index (κ2) is 17.3. The Kier molecular flexibility index (Phi) is 11.8. The highest BCUT2D eigenvalue weighted by molar-refractivity contribution is 6.07. The molecule has 0 aliphatic carbocycles. The molecule has 0 bridgehead atoms. The molecule has 17 nitrogen and oxygen atoms in total. The molecule has 0 radical (unpaired) electrons. The number of imidazole rings is 2. The van der Waals surface area contributed by atoms with E-state index in [4.69, 9.17) is 28.9 Å².